The van der Waals surface area contributed by atoms with E-state index in [0.717, 1.165) is 28.0 Å². The third kappa shape index (κ3) is 2.46. The van der Waals surface area contributed by atoms with Gasteiger partial charge < -0.3 is 10.4 Å². The Morgan fingerprint density at radius 2 is 2.00 bits per heavy atom. The van der Waals surface area contributed by atoms with Crippen molar-refractivity contribution in [3.8, 4) is 0 Å². The van der Waals surface area contributed by atoms with Crippen LogP contribution in [0.2, 0.25) is 0 Å². The molecule has 0 bridgehead atoms. The van der Waals surface area contributed by atoms with E-state index in [0.29, 0.717) is 0 Å². The van der Waals surface area contributed by atoms with Crippen LogP contribution in [0.25, 0.3) is 10.9 Å². The van der Waals surface area contributed by atoms with Gasteiger partial charge >= 0.3 is 0 Å². The zero-order valence-electron chi connectivity index (χ0n) is 11.2. The lowest BCUT2D eigenvalue weighted by Gasteiger charge is -2.09. The second-order valence-electron chi connectivity index (χ2n) is 4.73. The number of benzene rings is 2. The molecular weight excluding hydrogens is 250 g/mol. The third-order valence-electron chi connectivity index (χ3n) is 3.16. The Bertz CT molecular complexity index is 756. The lowest BCUT2D eigenvalue weighted by Crippen LogP contribution is -1.96. The topological polar surface area (TPSA) is 58.0 Å². The molecule has 100 valence electrons. The smallest absolute Gasteiger partial charge is 0.141 e. The van der Waals surface area contributed by atoms with E-state index in [4.69, 9.17) is 0 Å². The molecule has 0 amide bonds. The zero-order chi connectivity index (χ0) is 13.9. The van der Waals surface area contributed by atoms with Crippen LogP contribution in [-0.2, 0) is 6.61 Å². The molecule has 4 nitrogen and oxygen atoms in total. The first kappa shape index (κ1) is 12.6. The van der Waals surface area contributed by atoms with Crippen LogP contribution in [0.15, 0.2) is 48.8 Å². The number of anilines is 2. The Morgan fingerprint density at radius 1 is 1.10 bits per heavy atom. The van der Waals surface area contributed by atoms with E-state index >= 15 is 0 Å². The normalized spacial score (nSPS) is 10.7. The fourth-order valence-corrected chi connectivity index (χ4v) is 2.16. The van der Waals surface area contributed by atoms with Crippen molar-refractivity contribution in [2.75, 3.05) is 5.32 Å². The van der Waals surface area contributed by atoms with Crippen LogP contribution in [-0.4, -0.2) is 15.1 Å². The minimum Gasteiger partial charge on any atom is -0.392 e. The number of nitrogens with one attached hydrogen (secondary N) is 1. The Labute approximate surface area is 117 Å². The first-order chi connectivity index (χ1) is 9.76. The molecule has 0 saturated heterocycles. The molecule has 2 N–H and O–H groups in total. The van der Waals surface area contributed by atoms with Gasteiger partial charge in [-0.25, -0.2) is 9.97 Å². The summed E-state index contributed by atoms with van der Waals surface area (Å²) in [6.07, 6.45) is 1.53. The van der Waals surface area contributed by atoms with E-state index in [1.807, 2.05) is 30.3 Å². The molecule has 2 aromatic carbocycles. The third-order valence-corrected chi connectivity index (χ3v) is 3.16. The summed E-state index contributed by atoms with van der Waals surface area (Å²) in [6.45, 7) is 2.07. The SMILES string of the molecule is Cc1cccc(Nc2ncnc3cc(CO)ccc23)c1. The van der Waals surface area contributed by atoms with Crippen LogP contribution in [0.3, 0.4) is 0 Å². The number of hydrogen-bond acceptors (Lipinski definition) is 4. The molecule has 0 atom stereocenters. The van der Waals surface area contributed by atoms with Gasteiger partial charge in [0.25, 0.3) is 0 Å². The summed E-state index contributed by atoms with van der Waals surface area (Å²) >= 11 is 0. The monoisotopic (exact) mass is 265 g/mol. The van der Waals surface area contributed by atoms with Crippen molar-refractivity contribution >= 4 is 22.4 Å². The molecular formula is C16H15N3O. The summed E-state index contributed by atoms with van der Waals surface area (Å²) in [5, 5.41) is 13.4. The molecule has 0 spiro atoms. The van der Waals surface area contributed by atoms with Gasteiger partial charge in [-0.3, -0.25) is 0 Å². The largest absolute Gasteiger partial charge is 0.392 e. The molecule has 1 heterocycles. The van der Waals surface area contributed by atoms with E-state index in [1.54, 1.807) is 0 Å². The second-order valence-corrected chi connectivity index (χ2v) is 4.73. The van der Waals surface area contributed by atoms with Gasteiger partial charge in [-0.15, -0.1) is 0 Å². The van der Waals surface area contributed by atoms with Gasteiger partial charge in [-0.2, -0.15) is 0 Å². The predicted molar refractivity (Wildman–Crippen MR) is 79.9 cm³/mol. The predicted octanol–water partition coefficient (Wildman–Crippen LogP) is 3.17. The highest BCUT2D eigenvalue weighted by Crippen LogP contribution is 2.24. The first-order valence-corrected chi connectivity index (χ1v) is 6.44. The van der Waals surface area contributed by atoms with Gasteiger partial charge in [0, 0.05) is 11.1 Å². The van der Waals surface area contributed by atoms with Gasteiger partial charge in [0.15, 0.2) is 0 Å². The molecule has 3 rings (SSSR count). The van der Waals surface area contributed by atoms with Crippen LogP contribution >= 0.6 is 0 Å². The van der Waals surface area contributed by atoms with Crippen LogP contribution in [0.5, 0.6) is 0 Å². The van der Waals surface area contributed by atoms with Crippen LogP contribution in [0.4, 0.5) is 11.5 Å². The van der Waals surface area contributed by atoms with E-state index in [1.165, 1.54) is 11.9 Å². The van der Waals surface area contributed by atoms with Crippen molar-refractivity contribution in [3.05, 3.63) is 59.9 Å². The fourth-order valence-electron chi connectivity index (χ4n) is 2.16. The number of aryl methyl sites for hydroxylation is 1. The average molecular weight is 265 g/mol. The molecule has 3 aromatic rings. The van der Waals surface area contributed by atoms with Crippen molar-refractivity contribution in [2.24, 2.45) is 0 Å². The van der Waals surface area contributed by atoms with Crippen LogP contribution in [0, 0.1) is 6.92 Å². The first-order valence-electron chi connectivity index (χ1n) is 6.44. The number of aliphatic hydroxyl groups excluding tert-OH is 1. The molecule has 0 radical (unpaired) electrons. The highest BCUT2D eigenvalue weighted by molar-refractivity contribution is 5.90. The van der Waals surface area contributed by atoms with Gasteiger partial charge in [-0.1, -0.05) is 18.2 Å². The summed E-state index contributed by atoms with van der Waals surface area (Å²) in [4.78, 5) is 8.55. The lowest BCUT2D eigenvalue weighted by molar-refractivity contribution is 0.282. The van der Waals surface area contributed by atoms with Gasteiger partial charge in [-0.05, 0) is 42.3 Å². The standard InChI is InChI=1S/C16H15N3O/c1-11-3-2-4-13(7-11)19-16-14-6-5-12(9-20)8-15(14)17-10-18-16/h2-8,10,20H,9H2,1H3,(H,17,18,19). The molecule has 0 aliphatic heterocycles. The molecule has 0 aliphatic carbocycles. The minimum atomic E-state index is 0.0145. The molecule has 0 saturated carbocycles. The average Bonchev–Trinajstić information content (AvgIpc) is 2.47. The fraction of sp³-hybridized carbons (Fsp3) is 0.125. The van der Waals surface area contributed by atoms with E-state index in [9.17, 15) is 5.11 Å². The van der Waals surface area contributed by atoms with E-state index < -0.39 is 0 Å². The maximum absolute atomic E-state index is 9.17. The summed E-state index contributed by atoms with van der Waals surface area (Å²) in [7, 11) is 0. The van der Waals surface area contributed by atoms with E-state index in [-0.39, 0.29) is 6.61 Å². The Kier molecular flexibility index (Phi) is 3.31. The number of rotatable bonds is 3. The Balaban J connectivity index is 2.03. The molecule has 4 heteroatoms. The number of aliphatic hydroxyl groups is 1. The summed E-state index contributed by atoms with van der Waals surface area (Å²) < 4.78 is 0. The molecule has 0 fully saturated rings. The molecule has 20 heavy (non-hydrogen) atoms. The number of nitrogens with zero attached hydrogens (tertiary/aromatic N) is 2. The highest BCUT2D eigenvalue weighted by atomic mass is 16.3. The van der Waals surface area contributed by atoms with Crippen molar-refractivity contribution in [2.45, 2.75) is 13.5 Å². The van der Waals surface area contributed by atoms with Gasteiger partial charge in [0.1, 0.15) is 12.1 Å². The summed E-state index contributed by atoms with van der Waals surface area (Å²) in [6, 6.07) is 13.8. The lowest BCUT2D eigenvalue weighted by atomic mass is 10.1. The van der Waals surface area contributed by atoms with Gasteiger partial charge in [0.2, 0.25) is 0 Å². The maximum atomic E-state index is 9.17. The van der Waals surface area contributed by atoms with Crippen molar-refractivity contribution in [1.29, 1.82) is 0 Å². The zero-order valence-corrected chi connectivity index (χ0v) is 11.2. The number of fused-ring (bicyclic) bond motifs is 1. The quantitative estimate of drug-likeness (QED) is 0.763. The maximum Gasteiger partial charge on any atom is 0.141 e. The highest BCUT2D eigenvalue weighted by Gasteiger charge is 2.05. The molecule has 0 unspecified atom stereocenters. The van der Waals surface area contributed by atoms with Crippen molar-refractivity contribution in [1.82, 2.24) is 9.97 Å². The molecule has 0 aliphatic rings. The Morgan fingerprint density at radius 3 is 2.80 bits per heavy atom. The van der Waals surface area contributed by atoms with Crippen LogP contribution in [0.1, 0.15) is 11.1 Å². The van der Waals surface area contributed by atoms with Crippen molar-refractivity contribution in [3.63, 3.8) is 0 Å². The minimum absolute atomic E-state index is 0.0145. The Hall–Kier alpha value is -2.46. The number of aromatic nitrogens is 2. The van der Waals surface area contributed by atoms with E-state index in [2.05, 4.69) is 34.3 Å². The summed E-state index contributed by atoms with van der Waals surface area (Å²) in [5.74, 6) is 0.769. The van der Waals surface area contributed by atoms with Gasteiger partial charge in [0.05, 0.1) is 12.1 Å². The van der Waals surface area contributed by atoms with Crippen LogP contribution < -0.4 is 5.32 Å². The second kappa shape index (κ2) is 5.27. The number of hydrogen-bond donors (Lipinski definition) is 2. The molecule has 1 aromatic heterocycles. The van der Waals surface area contributed by atoms with Crippen molar-refractivity contribution < 1.29 is 5.11 Å². The summed E-state index contributed by atoms with van der Waals surface area (Å²) in [5.41, 5.74) is 3.85.